The molecule has 2 N–H and O–H groups in total. The molecule has 0 aliphatic carbocycles. The van der Waals surface area contributed by atoms with E-state index in [9.17, 15) is 13.2 Å². The molecule has 0 saturated carbocycles. The molecule has 6 nitrogen and oxygen atoms in total. The maximum atomic E-state index is 13.0. The Labute approximate surface area is 184 Å². The summed E-state index contributed by atoms with van der Waals surface area (Å²) in [7, 11) is -3.97. The Morgan fingerprint density at radius 3 is 2.43 bits per heavy atom. The van der Waals surface area contributed by atoms with Gasteiger partial charge in [-0.25, -0.2) is 8.42 Å². The van der Waals surface area contributed by atoms with Crippen molar-refractivity contribution in [2.24, 2.45) is 5.92 Å². The van der Waals surface area contributed by atoms with Gasteiger partial charge in [0, 0.05) is 6.54 Å². The Bertz CT molecular complexity index is 933. The van der Waals surface area contributed by atoms with Crippen LogP contribution in [0.5, 0.6) is 5.75 Å². The Hall–Kier alpha value is -2.09. The van der Waals surface area contributed by atoms with Gasteiger partial charge in [-0.15, -0.1) is 0 Å². The number of amides is 1. The third kappa shape index (κ3) is 7.31. The van der Waals surface area contributed by atoms with Gasteiger partial charge in [-0.3, -0.25) is 4.79 Å². The van der Waals surface area contributed by atoms with Crippen LogP contribution in [-0.4, -0.2) is 33.5 Å². The summed E-state index contributed by atoms with van der Waals surface area (Å²) in [4.78, 5) is 12.7. The van der Waals surface area contributed by atoms with Crippen LogP contribution >= 0.6 is 11.6 Å². The third-order valence-corrected chi connectivity index (χ3v) is 6.20. The number of ether oxygens (including phenoxy) is 1. The van der Waals surface area contributed by atoms with Gasteiger partial charge in [0.15, 0.2) is 0 Å². The molecule has 0 heterocycles. The molecular weight excluding hydrogens is 424 g/mol. The number of benzene rings is 2. The summed E-state index contributed by atoms with van der Waals surface area (Å²) >= 11 is 6.14. The number of sulfonamides is 1. The summed E-state index contributed by atoms with van der Waals surface area (Å²) in [6.45, 7) is 6.84. The molecule has 0 spiro atoms. The first-order valence-electron chi connectivity index (χ1n) is 9.99. The molecule has 2 aromatic carbocycles. The molecule has 30 heavy (non-hydrogen) atoms. The Balaban J connectivity index is 2.22. The highest BCUT2D eigenvalue weighted by Crippen LogP contribution is 2.27. The first-order chi connectivity index (χ1) is 14.2. The molecule has 2 aromatic rings. The zero-order valence-corrected chi connectivity index (χ0v) is 19.1. The molecule has 1 unspecified atom stereocenters. The van der Waals surface area contributed by atoms with E-state index in [4.69, 9.17) is 16.3 Å². The van der Waals surface area contributed by atoms with Gasteiger partial charge >= 0.3 is 0 Å². The monoisotopic (exact) mass is 452 g/mol. The summed E-state index contributed by atoms with van der Waals surface area (Å²) in [5, 5.41) is 3.03. The molecule has 0 bridgehead atoms. The highest BCUT2D eigenvalue weighted by Gasteiger charge is 2.26. The minimum absolute atomic E-state index is 0.0241. The molecule has 0 saturated heterocycles. The molecule has 2 rings (SSSR count). The fourth-order valence-corrected chi connectivity index (χ4v) is 4.34. The van der Waals surface area contributed by atoms with Gasteiger partial charge in [0.05, 0.1) is 16.5 Å². The number of rotatable bonds is 11. The zero-order chi connectivity index (χ0) is 22.1. The van der Waals surface area contributed by atoms with Gasteiger partial charge in [-0.1, -0.05) is 55.8 Å². The van der Waals surface area contributed by atoms with Gasteiger partial charge in [0.2, 0.25) is 15.9 Å². The van der Waals surface area contributed by atoms with Gasteiger partial charge in [0.1, 0.15) is 11.8 Å². The van der Waals surface area contributed by atoms with Gasteiger partial charge in [-0.05, 0) is 49.4 Å². The third-order valence-electron chi connectivity index (χ3n) is 4.43. The summed E-state index contributed by atoms with van der Waals surface area (Å²) in [5.74, 6) is 0.478. The number of nitrogens with one attached hydrogen (secondary N) is 2. The van der Waals surface area contributed by atoms with Crippen molar-refractivity contribution in [3.63, 3.8) is 0 Å². The fourth-order valence-electron chi connectivity index (χ4n) is 2.82. The van der Waals surface area contributed by atoms with E-state index >= 15 is 0 Å². The molecule has 8 heteroatoms. The van der Waals surface area contributed by atoms with Crippen LogP contribution in [0.25, 0.3) is 0 Å². The second-order valence-corrected chi connectivity index (χ2v) is 9.48. The van der Waals surface area contributed by atoms with E-state index in [2.05, 4.69) is 23.9 Å². The van der Waals surface area contributed by atoms with E-state index in [0.717, 1.165) is 12.0 Å². The molecule has 0 aliphatic heterocycles. The molecule has 1 amide bonds. The standard InChI is InChI=1S/C22H29ClN2O4S/c1-4-29-21-11-10-18(15-19(21)23)30(27,28)25-20(14-17-8-6-5-7-9-17)22(26)24-13-12-16(2)3/h5-11,15-16,20,25H,4,12-14H2,1-3H3,(H,24,26). The Kier molecular flexibility index (Phi) is 9.14. The van der Waals surface area contributed by atoms with Crippen LogP contribution in [0, 0.1) is 5.92 Å². The molecule has 0 aliphatic rings. The van der Waals surface area contributed by atoms with E-state index in [1.807, 2.05) is 37.3 Å². The van der Waals surface area contributed by atoms with Gasteiger partial charge in [0.25, 0.3) is 0 Å². The van der Waals surface area contributed by atoms with Crippen LogP contribution in [0.3, 0.4) is 0 Å². The van der Waals surface area contributed by atoms with Crippen molar-refractivity contribution in [1.82, 2.24) is 10.0 Å². The van der Waals surface area contributed by atoms with Crippen LogP contribution in [0.4, 0.5) is 0 Å². The number of carbonyl (C=O) groups excluding carboxylic acids is 1. The first kappa shape index (κ1) is 24.2. The van der Waals surface area contributed by atoms with Crippen molar-refractivity contribution in [2.75, 3.05) is 13.2 Å². The smallest absolute Gasteiger partial charge is 0.241 e. The van der Waals surface area contributed by atoms with Crippen molar-refractivity contribution in [2.45, 2.75) is 44.6 Å². The highest BCUT2D eigenvalue weighted by atomic mass is 35.5. The lowest BCUT2D eigenvalue weighted by atomic mass is 10.1. The van der Waals surface area contributed by atoms with E-state index in [-0.39, 0.29) is 22.2 Å². The highest BCUT2D eigenvalue weighted by molar-refractivity contribution is 7.89. The topological polar surface area (TPSA) is 84.5 Å². The minimum atomic E-state index is -3.97. The van der Waals surface area contributed by atoms with Gasteiger partial charge in [-0.2, -0.15) is 4.72 Å². The minimum Gasteiger partial charge on any atom is -0.492 e. The van der Waals surface area contributed by atoms with Crippen LogP contribution in [0.2, 0.25) is 5.02 Å². The predicted molar refractivity (Wildman–Crippen MR) is 119 cm³/mol. The zero-order valence-electron chi connectivity index (χ0n) is 17.5. The molecular formula is C22H29ClN2O4S. The lowest BCUT2D eigenvalue weighted by Gasteiger charge is -2.19. The SMILES string of the molecule is CCOc1ccc(S(=O)(=O)NC(Cc2ccccc2)C(=O)NCCC(C)C)cc1Cl. The Morgan fingerprint density at radius 1 is 1.13 bits per heavy atom. The molecule has 0 fully saturated rings. The number of hydrogen-bond acceptors (Lipinski definition) is 4. The summed E-state index contributed by atoms with van der Waals surface area (Å²) < 4.78 is 33.8. The van der Waals surface area contributed by atoms with E-state index in [1.54, 1.807) is 0 Å². The van der Waals surface area contributed by atoms with E-state index in [1.165, 1.54) is 18.2 Å². The molecule has 0 radical (unpaired) electrons. The van der Waals surface area contributed by atoms with Crippen LogP contribution in [-0.2, 0) is 21.2 Å². The maximum Gasteiger partial charge on any atom is 0.241 e. The van der Waals surface area contributed by atoms with Crippen molar-refractivity contribution < 1.29 is 17.9 Å². The fraction of sp³-hybridized carbons (Fsp3) is 0.409. The van der Waals surface area contributed by atoms with Crippen LogP contribution in [0.15, 0.2) is 53.4 Å². The second kappa shape index (κ2) is 11.3. The van der Waals surface area contributed by atoms with Crippen molar-refractivity contribution >= 4 is 27.5 Å². The summed E-state index contributed by atoms with van der Waals surface area (Å²) in [6.07, 6.45) is 1.05. The van der Waals surface area contributed by atoms with Crippen molar-refractivity contribution in [3.8, 4) is 5.75 Å². The average Bonchev–Trinajstić information content (AvgIpc) is 2.69. The number of hydrogen-bond donors (Lipinski definition) is 2. The van der Waals surface area contributed by atoms with Crippen molar-refractivity contribution in [1.29, 1.82) is 0 Å². The molecule has 164 valence electrons. The lowest BCUT2D eigenvalue weighted by molar-refractivity contribution is -0.122. The lowest BCUT2D eigenvalue weighted by Crippen LogP contribution is -2.48. The predicted octanol–water partition coefficient (Wildman–Crippen LogP) is 3.79. The second-order valence-electron chi connectivity index (χ2n) is 7.36. The van der Waals surface area contributed by atoms with E-state index < -0.39 is 16.1 Å². The normalized spacial score (nSPS) is 12.6. The Morgan fingerprint density at radius 2 is 1.83 bits per heavy atom. The number of halogens is 1. The quantitative estimate of drug-likeness (QED) is 0.543. The average molecular weight is 453 g/mol. The number of carbonyl (C=O) groups is 1. The first-order valence-corrected chi connectivity index (χ1v) is 11.9. The molecule has 0 aromatic heterocycles. The van der Waals surface area contributed by atoms with E-state index in [0.29, 0.717) is 24.8 Å². The van der Waals surface area contributed by atoms with Crippen LogP contribution in [0.1, 0.15) is 32.8 Å². The largest absolute Gasteiger partial charge is 0.492 e. The van der Waals surface area contributed by atoms with Crippen LogP contribution < -0.4 is 14.8 Å². The maximum absolute atomic E-state index is 13.0. The summed E-state index contributed by atoms with van der Waals surface area (Å²) in [6, 6.07) is 12.6. The van der Waals surface area contributed by atoms with Crippen molar-refractivity contribution in [3.05, 3.63) is 59.1 Å². The van der Waals surface area contributed by atoms with Gasteiger partial charge < -0.3 is 10.1 Å². The molecule has 1 atom stereocenters. The summed E-state index contributed by atoms with van der Waals surface area (Å²) in [5.41, 5.74) is 0.855.